The van der Waals surface area contributed by atoms with Gasteiger partial charge in [0.2, 0.25) is 0 Å². The molecule has 13 heavy (non-hydrogen) atoms. The first-order valence-electron chi connectivity index (χ1n) is 4.41. The topological polar surface area (TPSA) is 48.1 Å². The quantitative estimate of drug-likeness (QED) is 0.341. The first-order chi connectivity index (χ1) is 5.83. The van der Waals surface area contributed by atoms with Crippen molar-refractivity contribution in [1.29, 1.82) is 0 Å². The second kappa shape index (κ2) is 22.8. The van der Waals surface area contributed by atoms with E-state index in [0.29, 0.717) is 0 Å². The van der Waals surface area contributed by atoms with Crippen LogP contribution in [0.3, 0.4) is 0 Å². The molecule has 0 fully saturated rings. The van der Waals surface area contributed by atoms with Crippen molar-refractivity contribution in [3.63, 3.8) is 0 Å². The van der Waals surface area contributed by atoms with Crippen molar-refractivity contribution in [2.45, 2.75) is 0 Å². The van der Waals surface area contributed by atoms with E-state index in [0.717, 1.165) is 26.2 Å². The number of hydrogen-bond acceptors (Lipinski definition) is 4. The minimum atomic E-state index is 0. The molecule has 80 valence electrons. The van der Waals surface area contributed by atoms with Gasteiger partial charge in [-0.2, -0.15) is 0 Å². The van der Waals surface area contributed by atoms with Crippen molar-refractivity contribution in [1.82, 2.24) is 21.3 Å². The molecule has 4 N–H and O–H groups in total. The second-order valence-corrected chi connectivity index (χ2v) is 2.41. The Labute approximate surface area is 93.6 Å². The van der Waals surface area contributed by atoms with Crippen molar-refractivity contribution >= 4 is 17.6 Å². The first kappa shape index (κ1) is 19.0. The molecule has 0 aliphatic rings. The van der Waals surface area contributed by atoms with Crippen molar-refractivity contribution in [2.24, 2.45) is 0 Å². The van der Waals surface area contributed by atoms with Crippen molar-refractivity contribution in [3.8, 4) is 0 Å². The Kier molecular flexibility index (Phi) is 33.4. The molecule has 0 saturated heterocycles. The van der Waals surface area contributed by atoms with E-state index in [1.165, 1.54) is 0 Å². The van der Waals surface area contributed by atoms with E-state index < -0.39 is 0 Å². The number of hydrogen-bond donors (Lipinski definition) is 4. The minimum absolute atomic E-state index is 0. The standard InChI is InChI=1S/2C4H12N2.Ge/c2*1-5-3-4-6-2;/h2*5-6H,3-4H2,1-2H3;. The van der Waals surface area contributed by atoms with E-state index >= 15 is 0 Å². The van der Waals surface area contributed by atoms with Crippen molar-refractivity contribution in [3.05, 3.63) is 0 Å². The Bertz CT molecular complexity index is 48.1. The van der Waals surface area contributed by atoms with Crippen molar-refractivity contribution in [2.75, 3.05) is 54.4 Å². The van der Waals surface area contributed by atoms with E-state index in [2.05, 4.69) is 21.3 Å². The van der Waals surface area contributed by atoms with Crippen LogP contribution in [0.15, 0.2) is 0 Å². The van der Waals surface area contributed by atoms with E-state index in [1.54, 1.807) is 0 Å². The molecule has 0 unspecified atom stereocenters. The predicted molar refractivity (Wildman–Crippen MR) is 61.5 cm³/mol. The summed E-state index contributed by atoms with van der Waals surface area (Å²) in [5.74, 6) is 0. The van der Waals surface area contributed by atoms with Gasteiger partial charge in [0.15, 0.2) is 0 Å². The zero-order valence-corrected chi connectivity index (χ0v) is 11.4. The molecule has 4 nitrogen and oxygen atoms in total. The molecular formula is C8H24GeN4. The van der Waals surface area contributed by atoms with Crippen LogP contribution in [0.5, 0.6) is 0 Å². The van der Waals surface area contributed by atoms with Gasteiger partial charge in [-0.1, -0.05) is 0 Å². The Morgan fingerprint density at radius 1 is 0.538 bits per heavy atom. The van der Waals surface area contributed by atoms with E-state index in [-0.39, 0.29) is 17.6 Å². The van der Waals surface area contributed by atoms with Crippen LogP contribution in [-0.2, 0) is 0 Å². The van der Waals surface area contributed by atoms with Crippen LogP contribution in [-0.4, -0.2) is 72.0 Å². The van der Waals surface area contributed by atoms with Gasteiger partial charge < -0.3 is 21.3 Å². The molecule has 0 atom stereocenters. The van der Waals surface area contributed by atoms with Gasteiger partial charge >= 0.3 is 0 Å². The van der Waals surface area contributed by atoms with Gasteiger partial charge in [-0.15, -0.1) is 0 Å². The summed E-state index contributed by atoms with van der Waals surface area (Å²) in [5, 5.41) is 12.0. The van der Waals surface area contributed by atoms with Gasteiger partial charge in [0.05, 0.1) is 0 Å². The van der Waals surface area contributed by atoms with Crippen molar-refractivity contribution < 1.29 is 0 Å². The summed E-state index contributed by atoms with van der Waals surface area (Å²) < 4.78 is 0. The van der Waals surface area contributed by atoms with Crippen LogP contribution in [0.25, 0.3) is 0 Å². The molecule has 0 aliphatic heterocycles. The molecule has 5 heteroatoms. The van der Waals surface area contributed by atoms with Gasteiger partial charge in [0, 0.05) is 43.8 Å². The average Bonchev–Trinajstić information content (AvgIpc) is 2.12. The summed E-state index contributed by atoms with van der Waals surface area (Å²) in [5.41, 5.74) is 0. The van der Waals surface area contributed by atoms with Gasteiger partial charge in [0.25, 0.3) is 0 Å². The second-order valence-electron chi connectivity index (χ2n) is 2.41. The normalized spacial score (nSPS) is 8.31. The molecular weight excluding hydrogens is 225 g/mol. The Hall–Kier alpha value is 0.383. The van der Waals surface area contributed by atoms with E-state index in [4.69, 9.17) is 0 Å². The van der Waals surface area contributed by atoms with Gasteiger partial charge in [-0.25, -0.2) is 0 Å². The van der Waals surface area contributed by atoms with Gasteiger partial charge in [-0.3, -0.25) is 0 Å². The van der Waals surface area contributed by atoms with Crippen LogP contribution in [0.4, 0.5) is 0 Å². The van der Waals surface area contributed by atoms with E-state index in [1.807, 2.05) is 28.2 Å². The van der Waals surface area contributed by atoms with Crippen LogP contribution in [0.1, 0.15) is 0 Å². The van der Waals surface area contributed by atoms with Crippen LogP contribution < -0.4 is 21.3 Å². The molecule has 0 aromatic rings. The fraction of sp³-hybridized carbons (Fsp3) is 1.00. The zero-order valence-electron chi connectivity index (χ0n) is 9.33. The Balaban J connectivity index is -0.000000143. The summed E-state index contributed by atoms with van der Waals surface area (Å²) in [7, 11) is 7.77. The molecule has 0 saturated carbocycles. The van der Waals surface area contributed by atoms with Crippen LogP contribution in [0, 0.1) is 0 Å². The van der Waals surface area contributed by atoms with Gasteiger partial charge in [0.1, 0.15) is 0 Å². The minimum Gasteiger partial charge on any atom is -0.318 e. The zero-order chi connectivity index (χ0) is 9.66. The Morgan fingerprint density at radius 2 is 0.692 bits per heavy atom. The molecule has 0 heterocycles. The average molecular weight is 249 g/mol. The molecule has 4 radical (unpaired) electrons. The largest absolute Gasteiger partial charge is 0.318 e. The predicted octanol–water partition coefficient (Wildman–Crippen LogP) is -1.53. The third-order valence-electron chi connectivity index (χ3n) is 1.25. The van der Waals surface area contributed by atoms with E-state index in [9.17, 15) is 0 Å². The fourth-order valence-electron chi connectivity index (χ4n) is 0.500. The third-order valence-corrected chi connectivity index (χ3v) is 1.25. The number of nitrogens with one attached hydrogen (secondary N) is 4. The summed E-state index contributed by atoms with van der Waals surface area (Å²) in [6.07, 6.45) is 0. The monoisotopic (exact) mass is 250 g/mol. The summed E-state index contributed by atoms with van der Waals surface area (Å²) >= 11 is 0. The fourth-order valence-corrected chi connectivity index (χ4v) is 0.500. The first-order valence-corrected chi connectivity index (χ1v) is 4.41. The maximum absolute atomic E-state index is 3.01. The molecule has 0 bridgehead atoms. The number of rotatable bonds is 6. The van der Waals surface area contributed by atoms with Crippen LogP contribution in [0.2, 0.25) is 0 Å². The molecule has 0 spiro atoms. The van der Waals surface area contributed by atoms with Crippen LogP contribution >= 0.6 is 0 Å². The maximum atomic E-state index is 3.01. The Morgan fingerprint density at radius 3 is 0.769 bits per heavy atom. The third kappa shape index (κ3) is 32.8. The summed E-state index contributed by atoms with van der Waals surface area (Å²) in [4.78, 5) is 0. The summed E-state index contributed by atoms with van der Waals surface area (Å²) in [6, 6.07) is 0. The maximum Gasteiger partial charge on any atom is 0.00736 e. The molecule has 0 amide bonds. The number of likely N-dealkylation sites (N-methyl/N-ethyl adjacent to an activating group) is 4. The molecule has 0 aromatic carbocycles. The molecule has 0 rings (SSSR count). The SMILES string of the molecule is CNCCNC.CNCCNC.[Ge]. The molecule has 0 aromatic heterocycles. The summed E-state index contributed by atoms with van der Waals surface area (Å²) in [6.45, 7) is 4.21. The molecule has 0 aliphatic carbocycles. The van der Waals surface area contributed by atoms with Gasteiger partial charge in [-0.05, 0) is 28.2 Å². The smallest absolute Gasteiger partial charge is 0.00736 e.